The summed E-state index contributed by atoms with van der Waals surface area (Å²) in [6, 6.07) is 5.45. The summed E-state index contributed by atoms with van der Waals surface area (Å²) in [5, 5.41) is 2.76. The van der Waals surface area contributed by atoms with Crippen LogP contribution in [0.15, 0.2) is 18.2 Å². The number of amides is 2. The minimum absolute atomic E-state index is 0.0224. The van der Waals surface area contributed by atoms with Crippen molar-refractivity contribution in [3.8, 4) is 0 Å². The molecule has 0 saturated carbocycles. The van der Waals surface area contributed by atoms with E-state index in [4.69, 9.17) is 5.73 Å². The molecule has 1 aromatic rings. The Labute approximate surface area is 125 Å². The van der Waals surface area contributed by atoms with Crippen molar-refractivity contribution in [3.63, 3.8) is 0 Å². The van der Waals surface area contributed by atoms with E-state index in [1.165, 1.54) is 0 Å². The van der Waals surface area contributed by atoms with Crippen molar-refractivity contribution in [1.29, 1.82) is 0 Å². The number of nitrogens with zero attached hydrogens (tertiary/aromatic N) is 1. The first-order valence-corrected chi connectivity index (χ1v) is 7.32. The molecule has 3 N–H and O–H groups in total. The number of hydrogen-bond acceptors (Lipinski definition) is 3. The highest BCUT2D eigenvalue weighted by atomic mass is 16.2. The SMILES string of the molecule is CC(C)C(N)CCN(C)C(=O)c1ccc2c(c1)CC(=O)N2. The molecule has 1 aromatic carbocycles. The zero-order chi connectivity index (χ0) is 15.6. The first-order chi connectivity index (χ1) is 9.88. The van der Waals surface area contributed by atoms with Gasteiger partial charge in [-0.1, -0.05) is 13.8 Å². The van der Waals surface area contributed by atoms with Crippen LogP contribution in [0.2, 0.25) is 0 Å². The van der Waals surface area contributed by atoms with Gasteiger partial charge in [0.1, 0.15) is 0 Å². The number of anilines is 1. The van der Waals surface area contributed by atoms with Crippen molar-refractivity contribution in [2.24, 2.45) is 11.7 Å². The molecule has 5 heteroatoms. The third kappa shape index (κ3) is 3.61. The maximum absolute atomic E-state index is 12.4. The Balaban J connectivity index is 2.00. The standard InChI is InChI=1S/C16H23N3O2/c1-10(2)13(17)6-7-19(3)16(21)11-4-5-14-12(8-11)9-15(20)18-14/h4-5,8,10,13H,6-7,9,17H2,1-3H3,(H,18,20). The third-order valence-corrected chi connectivity index (χ3v) is 3.98. The Morgan fingerprint density at radius 1 is 1.43 bits per heavy atom. The predicted octanol–water partition coefficient (Wildman–Crippen LogP) is 1.63. The van der Waals surface area contributed by atoms with E-state index in [0.717, 1.165) is 17.7 Å². The molecule has 0 fully saturated rings. The molecule has 2 amide bonds. The largest absolute Gasteiger partial charge is 0.342 e. The number of fused-ring (bicyclic) bond motifs is 1. The minimum atomic E-state index is -0.0342. The monoisotopic (exact) mass is 289 g/mol. The van der Waals surface area contributed by atoms with E-state index in [1.807, 2.05) is 0 Å². The van der Waals surface area contributed by atoms with Gasteiger partial charge in [-0.15, -0.1) is 0 Å². The van der Waals surface area contributed by atoms with Gasteiger partial charge in [-0.05, 0) is 36.1 Å². The first kappa shape index (κ1) is 15.5. The summed E-state index contributed by atoms with van der Waals surface area (Å²) < 4.78 is 0. The van der Waals surface area contributed by atoms with Crippen LogP contribution >= 0.6 is 0 Å². The number of nitrogens with one attached hydrogen (secondary N) is 1. The Morgan fingerprint density at radius 3 is 2.81 bits per heavy atom. The van der Waals surface area contributed by atoms with Crippen molar-refractivity contribution in [2.45, 2.75) is 32.7 Å². The fraction of sp³-hybridized carbons (Fsp3) is 0.500. The third-order valence-electron chi connectivity index (χ3n) is 3.98. The van der Waals surface area contributed by atoms with Crippen LogP contribution in [0, 0.1) is 5.92 Å². The molecule has 1 heterocycles. The van der Waals surface area contributed by atoms with Crippen molar-refractivity contribution < 1.29 is 9.59 Å². The summed E-state index contributed by atoms with van der Waals surface area (Å²) in [4.78, 5) is 25.4. The van der Waals surface area contributed by atoms with Crippen LogP contribution in [-0.2, 0) is 11.2 Å². The molecule has 114 valence electrons. The quantitative estimate of drug-likeness (QED) is 0.865. The van der Waals surface area contributed by atoms with E-state index in [9.17, 15) is 9.59 Å². The van der Waals surface area contributed by atoms with Crippen molar-refractivity contribution >= 4 is 17.5 Å². The van der Waals surface area contributed by atoms with Gasteiger partial charge in [0.05, 0.1) is 6.42 Å². The summed E-state index contributed by atoms with van der Waals surface area (Å²) in [7, 11) is 1.78. The van der Waals surface area contributed by atoms with Gasteiger partial charge in [0, 0.05) is 30.9 Å². The average Bonchev–Trinajstić information content (AvgIpc) is 2.82. The predicted molar refractivity (Wildman–Crippen MR) is 83.2 cm³/mol. The number of rotatable bonds is 5. The minimum Gasteiger partial charge on any atom is -0.342 e. The highest BCUT2D eigenvalue weighted by molar-refractivity contribution is 6.01. The average molecular weight is 289 g/mol. The van der Waals surface area contributed by atoms with Gasteiger partial charge >= 0.3 is 0 Å². The van der Waals surface area contributed by atoms with Gasteiger partial charge in [0.25, 0.3) is 5.91 Å². The van der Waals surface area contributed by atoms with E-state index >= 15 is 0 Å². The van der Waals surface area contributed by atoms with E-state index < -0.39 is 0 Å². The lowest BCUT2D eigenvalue weighted by Gasteiger charge is -2.21. The zero-order valence-electron chi connectivity index (χ0n) is 12.8. The molecule has 0 aromatic heterocycles. The molecule has 1 aliphatic heterocycles. The second-order valence-electron chi connectivity index (χ2n) is 6.02. The second-order valence-corrected chi connectivity index (χ2v) is 6.02. The fourth-order valence-corrected chi connectivity index (χ4v) is 2.36. The highest BCUT2D eigenvalue weighted by Gasteiger charge is 2.20. The maximum atomic E-state index is 12.4. The van der Waals surface area contributed by atoms with Crippen LogP contribution in [-0.4, -0.2) is 36.3 Å². The number of hydrogen-bond donors (Lipinski definition) is 2. The Bertz CT molecular complexity index is 554. The molecule has 1 unspecified atom stereocenters. The van der Waals surface area contributed by atoms with E-state index in [-0.39, 0.29) is 17.9 Å². The van der Waals surface area contributed by atoms with Crippen LogP contribution in [0.1, 0.15) is 36.2 Å². The Kier molecular flexibility index (Phi) is 4.63. The van der Waals surface area contributed by atoms with Crippen LogP contribution in [0.25, 0.3) is 0 Å². The maximum Gasteiger partial charge on any atom is 0.253 e. The van der Waals surface area contributed by atoms with Crippen LogP contribution in [0.3, 0.4) is 0 Å². The molecule has 0 radical (unpaired) electrons. The van der Waals surface area contributed by atoms with Gasteiger partial charge in [-0.2, -0.15) is 0 Å². The molecule has 21 heavy (non-hydrogen) atoms. The van der Waals surface area contributed by atoms with Crippen LogP contribution in [0.4, 0.5) is 5.69 Å². The molecule has 0 saturated heterocycles. The molecule has 1 atom stereocenters. The van der Waals surface area contributed by atoms with E-state index in [2.05, 4.69) is 19.2 Å². The molecule has 0 aliphatic carbocycles. The molecule has 5 nitrogen and oxygen atoms in total. The lowest BCUT2D eigenvalue weighted by atomic mass is 10.0. The summed E-state index contributed by atoms with van der Waals surface area (Å²) in [5.74, 6) is 0.351. The van der Waals surface area contributed by atoms with E-state index in [0.29, 0.717) is 24.4 Å². The molecular weight excluding hydrogens is 266 g/mol. The van der Waals surface area contributed by atoms with E-state index in [1.54, 1.807) is 30.1 Å². The normalized spacial score (nSPS) is 14.8. The van der Waals surface area contributed by atoms with Crippen molar-refractivity contribution in [3.05, 3.63) is 29.3 Å². The van der Waals surface area contributed by atoms with Crippen molar-refractivity contribution in [1.82, 2.24) is 4.90 Å². The van der Waals surface area contributed by atoms with Gasteiger partial charge in [0.15, 0.2) is 0 Å². The highest BCUT2D eigenvalue weighted by Crippen LogP contribution is 2.24. The number of benzene rings is 1. The van der Waals surface area contributed by atoms with Gasteiger partial charge in [-0.3, -0.25) is 9.59 Å². The lowest BCUT2D eigenvalue weighted by molar-refractivity contribution is -0.115. The summed E-state index contributed by atoms with van der Waals surface area (Å²) in [5.41, 5.74) is 8.32. The fourth-order valence-electron chi connectivity index (χ4n) is 2.36. The molecule has 0 spiro atoms. The number of carbonyl (C=O) groups excluding carboxylic acids is 2. The summed E-state index contributed by atoms with van der Waals surface area (Å²) >= 11 is 0. The molecule has 0 bridgehead atoms. The Hall–Kier alpha value is -1.88. The molecule has 2 rings (SSSR count). The summed E-state index contributed by atoms with van der Waals surface area (Å²) in [6.45, 7) is 4.79. The zero-order valence-corrected chi connectivity index (χ0v) is 12.8. The molecule has 1 aliphatic rings. The van der Waals surface area contributed by atoms with Crippen LogP contribution < -0.4 is 11.1 Å². The lowest BCUT2D eigenvalue weighted by Crippen LogP contribution is -2.34. The number of carbonyl (C=O) groups is 2. The number of nitrogens with two attached hydrogens (primary N) is 1. The van der Waals surface area contributed by atoms with Crippen molar-refractivity contribution in [2.75, 3.05) is 18.9 Å². The second kappa shape index (κ2) is 6.26. The van der Waals surface area contributed by atoms with Gasteiger partial charge < -0.3 is 16.0 Å². The summed E-state index contributed by atoms with van der Waals surface area (Å²) in [6.07, 6.45) is 1.13. The van der Waals surface area contributed by atoms with Crippen LogP contribution in [0.5, 0.6) is 0 Å². The Morgan fingerprint density at radius 2 is 2.14 bits per heavy atom. The first-order valence-electron chi connectivity index (χ1n) is 7.32. The topological polar surface area (TPSA) is 75.4 Å². The molecular formula is C16H23N3O2. The van der Waals surface area contributed by atoms with Gasteiger partial charge in [-0.25, -0.2) is 0 Å². The van der Waals surface area contributed by atoms with Gasteiger partial charge in [0.2, 0.25) is 5.91 Å². The smallest absolute Gasteiger partial charge is 0.253 e.